The van der Waals surface area contributed by atoms with Crippen LogP contribution in [0.4, 0.5) is 0 Å². The molecule has 4 aromatic rings. The van der Waals surface area contributed by atoms with Crippen LogP contribution in [0.15, 0.2) is 54.7 Å². The number of methoxy groups -OCH3 is 1. The molecule has 9 nitrogen and oxygen atoms in total. The van der Waals surface area contributed by atoms with Crippen molar-refractivity contribution in [2.45, 2.75) is 12.3 Å². The minimum Gasteiger partial charge on any atom is -0.497 e. The van der Waals surface area contributed by atoms with E-state index >= 15 is 0 Å². The Hall–Kier alpha value is -4.71. The van der Waals surface area contributed by atoms with Gasteiger partial charge < -0.3 is 20.1 Å². The number of rotatable bonds is 6. The lowest BCUT2D eigenvalue weighted by atomic mass is 10.0. The molecule has 5 rings (SSSR count). The first-order valence-electron chi connectivity index (χ1n) is 11.1. The molecule has 1 aliphatic rings. The van der Waals surface area contributed by atoms with Gasteiger partial charge >= 0.3 is 0 Å². The number of likely N-dealkylation sites (tertiary alicyclic amines) is 1. The molecule has 0 bridgehead atoms. The molecule has 0 aliphatic carbocycles. The minimum absolute atomic E-state index is 0.0531. The van der Waals surface area contributed by atoms with E-state index in [4.69, 9.17) is 26.6 Å². The van der Waals surface area contributed by atoms with Crippen molar-refractivity contribution in [3.8, 4) is 40.8 Å². The Kier molecular flexibility index (Phi) is 5.63. The SMILES string of the molecule is C#CC(=O)N1CCC(c2c[nH]n3c(C(N)=O)c(-c4ccc(Oc5ccc(OC)cc5)cc4)nc23)C1. The van der Waals surface area contributed by atoms with Gasteiger partial charge in [0.15, 0.2) is 11.3 Å². The van der Waals surface area contributed by atoms with Gasteiger partial charge in [0.2, 0.25) is 0 Å². The van der Waals surface area contributed by atoms with Crippen LogP contribution >= 0.6 is 0 Å². The molecule has 3 N–H and O–H groups in total. The number of nitrogens with two attached hydrogens (primary N) is 1. The highest BCUT2D eigenvalue weighted by Crippen LogP contribution is 2.34. The number of imidazole rings is 1. The summed E-state index contributed by atoms with van der Waals surface area (Å²) in [6.07, 6.45) is 7.82. The lowest BCUT2D eigenvalue weighted by molar-refractivity contribution is -0.124. The van der Waals surface area contributed by atoms with Crippen molar-refractivity contribution in [1.82, 2.24) is 19.5 Å². The number of hydrogen-bond donors (Lipinski definition) is 2. The monoisotopic (exact) mass is 469 g/mol. The van der Waals surface area contributed by atoms with Crippen molar-refractivity contribution in [2.24, 2.45) is 5.73 Å². The number of benzene rings is 2. The summed E-state index contributed by atoms with van der Waals surface area (Å²) in [5.74, 6) is 3.35. The molecule has 0 spiro atoms. The fourth-order valence-electron chi connectivity index (χ4n) is 4.42. The molecule has 1 aliphatic heterocycles. The number of amides is 2. The number of hydrogen-bond acceptors (Lipinski definition) is 5. The van der Waals surface area contributed by atoms with E-state index in [2.05, 4.69) is 11.0 Å². The van der Waals surface area contributed by atoms with E-state index in [1.165, 1.54) is 0 Å². The molecule has 2 amide bonds. The third-order valence-electron chi connectivity index (χ3n) is 6.18. The fraction of sp³-hybridized carbons (Fsp3) is 0.192. The van der Waals surface area contributed by atoms with Gasteiger partial charge in [-0.15, -0.1) is 6.42 Å². The summed E-state index contributed by atoms with van der Waals surface area (Å²) in [4.78, 5) is 30.7. The topological polar surface area (TPSA) is 115 Å². The quantitative estimate of drug-likeness (QED) is 0.421. The summed E-state index contributed by atoms with van der Waals surface area (Å²) in [6.45, 7) is 1.08. The second-order valence-corrected chi connectivity index (χ2v) is 8.24. The molecule has 1 atom stereocenters. The van der Waals surface area contributed by atoms with Gasteiger partial charge in [0.05, 0.1) is 7.11 Å². The number of fused-ring (bicyclic) bond motifs is 1. The van der Waals surface area contributed by atoms with Gasteiger partial charge in [0, 0.05) is 36.3 Å². The zero-order valence-electron chi connectivity index (χ0n) is 19.0. The van der Waals surface area contributed by atoms with E-state index in [0.29, 0.717) is 35.9 Å². The van der Waals surface area contributed by atoms with E-state index in [1.807, 2.05) is 36.4 Å². The van der Waals surface area contributed by atoms with Crippen LogP contribution in [0.2, 0.25) is 0 Å². The molecule has 1 unspecified atom stereocenters. The molecule has 1 saturated heterocycles. The molecule has 9 heteroatoms. The Morgan fingerprint density at radius 1 is 1.11 bits per heavy atom. The Balaban J connectivity index is 1.44. The zero-order chi connectivity index (χ0) is 24.5. The first-order valence-corrected chi connectivity index (χ1v) is 11.1. The van der Waals surface area contributed by atoms with Crippen LogP contribution in [0.5, 0.6) is 17.2 Å². The number of carbonyl (C=O) groups excluding carboxylic acids is 2. The molecule has 0 radical (unpaired) electrons. The number of nitrogens with one attached hydrogen (secondary N) is 1. The minimum atomic E-state index is -0.602. The Morgan fingerprint density at radius 3 is 2.40 bits per heavy atom. The predicted molar refractivity (Wildman–Crippen MR) is 129 cm³/mol. The maximum absolute atomic E-state index is 12.4. The van der Waals surface area contributed by atoms with Gasteiger partial charge in [-0.05, 0) is 60.9 Å². The van der Waals surface area contributed by atoms with Crippen LogP contribution in [0.25, 0.3) is 16.9 Å². The van der Waals surface area contributed by atoms with Gasteiger partial charge in [-0.2, -0.15) is 0 Å². The summed E-state index contributed by atoms with van der Waals surface area (Å²) in [7, 11) is 1.61. The van der Waals surface area contributed by atoms with Crippen molar-refractivity contribution in [2.75, 3.05) is 20.2 Å². The molecule has 0 saturated carbocycles. The molecular formula is C26H23N5O4. The van der Waals surface area contributed by atoms with Crippen molar-refractivity contribution in [3.05, 3.63) is 66.0 Å². The van der Waals surface area contributed by atoms with Crippen LogP contribution in [-0.4, -0.2) is 51.5 Å². The largest absolute Gasteiger partial charge is 0.497 e. The average Bonchev–Trinajstić information content (AvgIpc) is 3.59. The number of primary amides is 1. The molecule has 1 fully saturated rings. The van der Waals surface area contributed by atoms with E-state index in [0.717, 1.165) is 23.3 Å². The number of H-pyrrole nitrogens is 1. The first-order chi connectivity index (χ1) is 17.0. The van der Waals surface area contributed by atoms with Crippen molar-refractivity contribution in [3.63, 3.8) is 0 Å². The number of ether oxygens (including phenoxy) is 2. The number of terminal acetylenes is 1. The van der Waals surface area contributed by atoms with Crippen molar-refractivity contribution >= 4 is 17.5 Å². The second-order valence-electron chi connectivity index (χ2n) is 8.24. The maximum atomic E-state index is 12.4. The number of nitrogens with zero attached hydrogens (tertiary/aromatic N) is 3. The number of aromatic amines is 1. The molecule has 2 aromatic carbocycles. The van der Waals surface area contributed by atoms with Crippen LogP contribution in [-0.2, 0) is 4.79 Å². The lowest BCUT2D eigenvalue weighted by Gasteiger charge is -2.12. The summed E-state index contributed by atoms with van der Waals surface area (Å²) in [5, 5.41) is 3.09. The van der Waals surface area contributed by atoms with Crippen molar-refractivity contribution in [1.29, 1.82) is 0 Å². The summed E-state index contributed by atoms with van der Waals surface area (Å²) >= 11 is 0. The van der Waals surface area contributed by atoms with Crippen LogP contribution < -0.4 is 15.2 Å². The predicted octanol–water partition coefficient (Wildman–Crippen LogP) is 3.18. The van der Waals surface area contributed by atoms with Crippen molar-refractivity contribution < 1.29 is 19.1 Å². The van der Waals surface area contributed by atoms with Crippen LogP contribution in [0.3, 0.4) is 0 Å². The highest BCUT2D eigenvalue weighted by molar-refractivity contribution is 5.98. The van der Waals surface area contributed by atoms with Gasteiger partial charge in [0.1, 0.15) is 22.9 Å². The zero-order valence-corrected chi connectivity index (χ0v) is 19.0. The van der Waals surface area contributed by atoms with Gasteiger partial charge in [-0.25, -0.2) is 9.50 Å². The Bertz CT molecular complexity index is 1440. The number of carbonyl (C=O) groups is 2. The van der Waals surface area contributed by atoms with E-state index in [9.17, 15) is 9.59 Å². The third-order valence-corrected chi connectivity index (χ3v) is 6.18. The highest BCUT2D eigenvalue weighted by atomic mass is 16.5. The molecular weight excluding hydrogens is 446 g/mol. The molecule has 2 aromatic heterocycles. The number of aromatic nitrogens is 3. The highest BCUT2D eigenvalue weighted by Gasteiger charge is 2.31. The van der Waals surface area contributed by atoms with Crippen LogP contribution in [0, 0.1) is 12.3 Å². The molecule has 176 valence electrons. The second kappa shape index (κ2) is 8.91. The Morgan fingerprint density at radius 2 is 1.77 bits per heavy atom. The summed E-state index contributed by atoms with van der Waals surface area (Å²) in [6, 6.07) is 14.5. The van der Waals surface area contributed by atoms with Gasteiger partial charge in [-0.1, -0.05) is 0 Å². The third kappa shape index (κ3) is 4.06. The molecule has 35 heavy (non-hydrogen) atoms. The summed E-state index contributed by atoms with van der Waals surface area (Å²) < 4.78 is 12.7. The maximum Gasteiger partial charge on any atom is 0.298 e. The van der Waals surface area contributed by atoms with Crippen LogP contribution in [0.1, 0.15) is 28.4 Å². The first kappa shape index (κ1) is 22.1. The average molecular weight is 470 g/mol. The smallest absolute Gasteiger partial charge is 0.298 e. The standard InChI is InChI=1S/C26H23N5O4/c1-3-22(32)30-13-12-17(15-30)21-14-28-31-24(25(27)33)23(29-26(21)31)16-4-6-19(7-5-16)35-20-10-8-18(34-2)9-11-20/h1,4-11,14,17,28H,12-13,15H2,2H3,(H2,27,33). The van der Waals surface area contributed by atoms with E-state index < -0.39 is 5.91 Å². The Labute approximate surface area is 201 Å². The normalized spacial score (nSPS) is 15.2. The lowest BCUT2D eigenvalue weighted by Crippen LogP contribution is -2.26. The van der Waals surface area contributed by atoms with Gasteiger partial charge in [-0.3, -0.25) is 14.7 Å². The molecule has 3 heterocycles. The van der Waals surface area contributed by atoms with E-state index in [-0.39, 0.29) is 17.5 Å². The van der Waals surface area contributed by atoms with Gasteiger partial charge in [0.25, 0.3) is 11.8 Å². The summed E-state index contributed by atoms with van der Waals surface area (Å²) in [5.41, 5.74) is 8.69. The van der Waals surface area contributed by atoms with E-state index in [1.54, 1.807) is 34.9 Å². The fourth-order valence-corrected chi connectivity index (χ4v) is 4.42.